The molecule has 1 aliphatic heterocycles. The maximum Gasteiger partial charge on any atom is 0.225 e. The van der Waals surface area contributed by atoms with Crippen LogP contribution in [0.2, 0.25) is 0 Å². The molecule has 0 bridgehead atoms. The number of thiocarbonyl (C=S) groups is 1. The Balaban J connectivity index is 2.41. The second-order valence-electron chi connectivity index (χ2n) is 3.34. The number of rotatable bonds is 4. The molecule has 6 heteroatoms. The van der Waals surface area contributed by atoms with Gasteiger partial charge >= 0.3 is 0 Å². The predicted octanol–water partition coefficient (Wildman–Crippen LogP) is -0.464. The van der Waals surface area contributed by atoms with Gasteiger partial charge in [-0.3, -0.25) is 4.79 Å². The molecule has 1 fully saturated rings. The molecule has 1 heterocycles. The molecule has 0 radical (unpaired) electrons. The molecule has 0 aliphatic carbocycles. The summed E-state index contributed by atoms with van der Waals surface area (Å²) < 4.78 is 10.2. The number of nitrogens with two attached hydrogens (primary N) is 1. The molecule has 5 nitrogen and oxygen atoms in total. The van der Waals surface area contributed by atoms with Gasteiger partial charge in [-0.1, -0.05) is 12.2 Å². The quantitative estimate of drug-likeness (QED) is 0.664. The molecule has 86 valence electrons. The Morgan fingerprint density at radius 1 is 1.73 bits per heavy atom. The van der Waals surface area contributed by atoms with Crippen LogP contribution in [-0.4, -0.2) is 55.3 Å². The number of methoxy groups -OCH3 is 1. The predicted molar refractivity (Wildman–Crippen MR) is 59.6 cm³/mol. The maximum atomic E-state index is 11.6. The summed E-state index contributed by atoms with van der Waals surface area (Å²) in [6.07, 6.45) is 0.0841. The van der Waals surface area contributed by atoms with E-state index in [2.05, 4.69) is 0 Å². The Morgan fingerprint density at radius 3 is 3.07 bits per heavy atom. The minimum Gasteiger partial charge on any atom is -0.391 e. The third-order valence-corrected chi connectivity index (χ3v) is 2.52. The third-order valence-electron chi connectivity index (χ3n) is 2.26. The molecule has 0 aromatic carbocycles. The fourth-order valence-electron chi connectivity index (χ4n) is 1.40. The van der Waals surface area contributed by atoms with Crippen molar-refractivity contribution in [1.29, 1.82) is 0 Å². The van der Waals surface area contributed by atoms with E-state index >= 15 is 0 Å². The molecular weight excluding hydrogens is 216 g/mol. The number of hydrogen-bond acceptors (Lipinski definition) is 4. The zero-order chi connectivity index (χ0) is 11.3. The van der Waals surface area contributed by atoms with Crippen LogP contribution >= 0.6 is 12.2 Å². The first-order valence-corrected chi connectivity index (χ1v) is 5.23. The van der Waals surface area contributed by atoms with Crippen molar-refractivity contribution < 1.29 is 14.3 Å². The Kier molecular flexibility index (Phi) is 4.93. The van der Waals surface area contributed by atoms with E-state index in [-0.39, 0.29) is 12.0 Å². The lowest BCUT2D eigenvalue weighted by molar-refractivity contribution is -0.137. The van der Waals surface area contributed by atoms with Crippen LogP contribution in [0.4, 0.5) is 0 Å². The van der Waals surface area contributed by atoms with Gasteiger partial charge in [0, 0.05) is 13.7 Å². The molecule has 1 aliphatic rings. The smallest absolute Gasteiger partial charge is 0.225 e. The van der Waals surface area contributed by atoms with Gasteiger partial charge in [-0.2, -0.15) is 0 Å². The van der Waals surface area contributed by atoms with Crippen LogP contribution < -0.4 is 5.73 Å². The summed E-state index contributed by atoms with van der Waals surface area (Å²) in [5.41, 5.74) is 5.47. The Morgan fingerprint density at radius 2 is 2.47 bits per heavy atom. The van der Waals surface area contributed by atoms with Crippen molar-refractivity contribution in [2.75, 3.05) is 33.4 Å². The molecule has 0 saturated carbocycles. The van der Waals surface area contributed by atoms with Crippen LogP contribution in [0, 0.1) is 0 Å². The maximum absolute atomic E-state index is 11.6. The molecule has 1 amide bonds. The third kappa shape index (κ3) is 3.73. The minimum absolute atomic E-state index is 0.0569. The summed E-state index contributed by atoms with van der Waals surface area (Å²) >= 11 is 4.83. The number of nitrogens with zero attached hydrogens (tertiary/aromatic N) is 1. The first-order valence-electron chi connectivity index (χ1n) is 4.82. The normalized spacial score (nSPS) is 21.4. The largest absolute Gasteiger partial charge is 0.391 e. The van der Waals surface area contributed by atoms with E-state index in [0.29, 0.717) is 37.7 Å². The molecule has 15 heavy (non-hydrogen) atoms. The van der Waals surface area contributed by atoms with Gasteiger partial charge in [0.15, 0.2) is 0 Å². The minimum atomic E-state index is -0.305. The van der Waals surface area contributed by atoms with Crippen molar-refractivity contribution in [3.05, 3.63) is 0 Å². The Labute approximate surface area is 94.5 Å². The molecular formula is C9H16N2O3S. The van der Waals surface area contributed by atoms with Crippen molar-refractivity contribution in [3.8, 4) is 0 Å². The lowest BCUT2D eigenvalue weighted by Crippen LogP contribution is -2.50. The summed E-state index contributed by atoms with van der Waals surface area (Å²) in [4.78, 5) is 13.7. The molecule has 1 rings (SSSR count). The number of ether oxygens (including phenoxy) is 2. The summed E-state index contributed by atoms with van der Waals surface area (Å²) in [6.45, 7) is 1.98. The SMILES string of the molecule is COCCC(=O)N1CCOC(C(N)=S)C1. The second-order valence-corrected chi connectivity index (χ2v) is 3.82. The monoisotopic (exact) mass is 232 g/mol. The van der Waals surface area contributed by atoms with E-state index in [1.807, 2.05) is 0 Å². The van der Waals surface area contributed by atoms with Gasteiger partial charge in [0.2, 0.25) is 5.91 Å². The highest BCUT2D eigenvalue weighted by Gasteiger charge is 2.25. The van der Waals surface area contributed by atoms with Crippen molar-refractivity contribution >= 4 is 23.1 Å². The zero-order valence-corrected chi connectivity index (χ0v) is 9.59. The van der Waals surface area contributed by atoms with E-state index in [0.717, 1.165) is 0 Å². The molecule has 2 N–H and O–H groups in total. The summed E-state index contributed by atoms with van der Waals surface area (Å²) in [6, 6.07) is 0. The highest BCUT2D eigenvalue weighted by molar-refractivity contribution is 7.80. The van der Waals surface area contributed by atoms with Gasteiger partial charge in [0.05, 0.1) is 26.2 Å². The molecule has 0 aromatic rings. The first kappa shape index (κ1) is 12.4. The second kappa shape index (κ2) is 5.99. The lowest BCUT2D eigenvalue weighted by atomic mass is 10.2. The Hall–Kier alpha value is -0.720. The van der Waals surface area contributed by atoms with Crippen molar-refractivity contribution in [2.24, 2.45) is 5.73 Å². The fourth-order valence-corrected chi connectivity index (χ4v) is 1.54. The van der Waals surface area contributed by atoms with Crippen LogP contribution in [-0.2, 0) is 14.3 Å². The first-order chi connectivity index (χ1) is 7.15. The summed E-state index contributed by atoms with van der Waals surface area (Å²) in [5.74, 6) is 0.0569. The van der Waals surface area contributed by atoms with Crippen LogP contribution in [0.15, 0.2) is 0 Å². The average Bonchev–Trinajstić information content (AvgIpc) is 2.26. The van der Waals surface area contributed by atoms with Crippen molar-refractivity contribution in [1.82, 2.24) is 4.90 Å². The number of hydrogen-bond donors (Lipinski definition) is 1. The van der Waals surface area contributed by atoms with E-state index in [4.69, 9.17) is 27.4 Å². The number of morpholine rings is 1. The fraction of sp³-hybridized carbons (Fsp3) is 0.778. The molecule has 1 atom stereocenters. The van der Waals surface area contributed by atoms with E-state index in [9.17, 15) is 4.79 Å². The van der Waals surface area contributed by atoms with Crippen LogP contribution in [0.1, 0.15) is 6.42 Å². The van der Waals surface area contributed by atoms with Crippen molar-refractivity contribution in [3.63, 3.8) is 0 Å². The van der Waals surface area contributed by atoms with Gasteiger partial charge in [-0.25, -0.2) is 0 Å². The molecule has 0 aromatic heterocycles. The van der Waals surface area contributed by atoms with Gasteiger partial charge < -0.3 is 20.1 Å². The standard InChI is InChI=1S/C9H16N2O3S/c1-13-4-2-8(12)11-3-5-14-7(6-11)9(10)15/h7H,2-6H2,1H3,(H2,10,15). The number of amides is 1. The van der Waals surface area contributed by atoms with E-state index in [1.165, 1.54) is 0 Å². The number of carbonyl (C=O) groups excluding carboxylic acids is 1. The van der Waals surface area contributed by atoms with E-state index in [1.54, 1.807) is 12.0 Å². The number of carbonyl (C=O) groups is 1. The molecule has 0 spiro atoms. The lowest BCUT2D eigenvalue weighted by Gasteiger charge is -2.32. The van der Waals surface area contributed by atoms with Crippen LogP contribution in [0.5, 0.6) is 0 Å². The highest BCUT2D eigenvalue weighted by atomic mass is 32.1. The van der Waals surface area contributed by atoms with Crippen LogP contribution in [0.25, 0.3) is 0 Å². The van der Waals surface area contributed by atoms with E-state index < -0.39 is 0 Å². The highest BCUT2D eigenvalue weighted by Crippen LogP contribution is 2.07. The Bertz CT molecular complexity index is 248. The van der Waals surface area contributed by atoms with Gasteiger partial charge in [-0.05, 0) is 0 Å². The zero-order valence-electron chi connectivity index (χ0n) is 8.77. The average molecular weight is 232 g/mol. The van der Waals surface area contributed by atoms with Gasteiger partial charge in [0.1, 0.15) is 11.1 Å². The van der Waals surface area contributed by atoms with Crippen molar-refractivity contribution in [2.45, 2.75) is 12.5 Å². The summed E-state index contributed by atoms with van der Waals surface area (Å²) in [7, 11) is 1.57. The molecule has 1 unspecified atom stereocenters. The topological polar surface area (TPSA) is 64.8 Å². The van der Waals surface area contributed by atoms with Crippen LogP contribution in [0.3, 0.4) is 0 Å². The molecule has 1 saturated heterocycles. The van der Waals surface area contributed by atoms with Gasteiger partial charge in [-0.15, -0.1) is 0 Å². The summed E-state index contributed by atoms with van der Waals surface area (Å²) in [5, 5.41) is 0. The van der Waals surface area contributed by atoms with Gasteiger partial charge in [0.25, 0.3) is 0 Å².